The highest BCUT2D eigenvalue weighted by Crippen LogP contribution is 2.25. The molecule has 0 unspecified atom stereocenters. The highest BCUT2D eigenvalue weighted by Gasteiger charge is 2.28. The minimum Gasteiger partial charge on any atom is -0.298 e. The summed E-state index contributed by atoms with van der Waals surface area (Å²) in [6.07, 6.45) is 1.60. The van der Waals surface area contributed by atoms with Gasteiger partial charge in [-0.15, -0.1) is 0 Å². The maximum atomic E-state index is 10.5. The van der Waals surface area contributed by atoms with Crippen LogP contribution in [0, 0.1) is 0 Å². The van der Waals surface area contributed by atoms with E-state index in [1.165, 1.54) is 6.21 Å². The molecule has 6 heteroatoms. The molecule has 0 aliphatic carbocycles. The van der Waals surface area contributed by atoms with Crippen molar-refractivity contribution >= 4 is 46.2 Å². The fourth-order valence-corrected chi connectivity index (χ4v) is 1.64. The summed E-state index contributed by atoms with van der Waals surface area (Å²) < 4.78 is 0. The van der Waals surface area contributed by atoms with Crippen LogP contribution in [0.15, 0.2) is 26.1 Å². The second-order valence-corrected chi connectivity index (χ2v) is 3.14. The summed E-state index contributed by atoms with van der Waals surface area (Å²) in [7, 11) is 0. The SMILES string of the molecule is O=CC1=C2C(Cl)=NC(Cl)=N[C@H]2N=C1. The first-order chi connectivity index (χ1) is 6.22. The van der Waals surface area contributed by atoms with Crippen molar-refractivity contribution in [3.05, 3.63) is 11.1 Å². The molecule has 0 aromatic carbocycles. The Bertz CT molecular complexity index is 395. The van der Waals surface area contributed by atoms with Gasteiger partial charge in [-0.05, 0) is 11.6 Å². The zero-order chi connectivity index (χ0) is 9.42. The van der Waals surface area contributed by atoms with Crippen LogP contribution < -0.4 is 0 Å². The van der Waals surface area contributed by atoms with E-state index in [0.717, 1.165) is 0 Å². The lowest BCUT2D eigenvalue weighted by atomic mass is 10.1. The number of aldehydes is 1. The monoisotopic (exact) mass is 215 g/mol. The number of halogens is 2. The molecule has 66 valence electrons. The predicted octanol–water partition coefficient (Wildman–Crippen LogP) is 1.14. The Morgan fingerprint density at radius 1 is 1.46 bits per heavy atom. The fraction of sp³-hybridized carbons (Fsp3) is 0.143. The molecule has 2 rings (SSSR count). The third kappa shape index (κ3) is 1.32. The van der Waals surface area contributed by atoms with Gasteiger partial charge in [0.15, 0.2) is 12.5 Å². The molecule has 0 bridgehead atoms. The van der Waals surface area contributed by atoms with Crippen molar-refractivity contribution in [3.8, 4) is 0 Å². The molecule has 2 aliphatic rings. The van der Waals surface area contributed by atoms with Gasteiger partial charge in [0, 0.05) is 17.4 Å². The van der Waals surface area contributed by atoms with Gasteiger partial charge in [0.1, 0.15) is 5.17 Å². The number of carbonyl (C=O) groups is 1. The second-order valence-electron chi connectivity index (χ2n) is 2.44. The molecular weight excluding hydrogens is 213 g/mol. The molecule has 0 aromatic rings. The molecule has 1 atom stereocenters. The first-order valence-corrected chi connectivity index (χ1v) is 4.18. The second kappa shape index (κ2) is 3.05. The minimum absolute atomic E-state index is 0.0584. The fourth-order valence-electron chi connectivity index (χ4n) is 1.13. The number of amidine groups is 1. The standard InChI is InChI=1S/C7H3Cl2N3O/c8-5-4-3(2-13)1-10-6(4)12-7(9)11-5/h1-2,6H/t6-/m1/s1. The van der Waals surface area contributed by atoms with Crippen LogP contribution in [-0.2, 0) is 4.79 Å². The van der Waals surface area contributed by atoms with Gasteiger partial charge in [-0.1, -0.05) is 11.6 Å². The van der Waals surface area contributed by atoms with Crippen LogP contribution in [0.2, 0.25) is 0 Å². The molecule has 2 aliphatic heterocycles. The number of hydrogen-bond acceptors (Lipinski definition) is 4. The predicted molar refractivity (Wildman–Crippen MR) is 51.9 cm³/mol. The van der Waals surface area contributed by atoms with E-state index in [-0.39, 0.29) is 10.5 Å². The molecule has 0 amide bonds. The number of fused-ring (bicyclic) bond motifs is 1. The Labute approximate surface area is 83.7 Å². The Balaban J connectivity index is 2.53. The summed E-state index contributed by atoms with van der Waals surface area (Å²) in [6, 6.07) is 0. The van der Waals surface area contributed by atoms with Crippen molar-refractivity contribution in [1.29, 1.82) is 0 Å². The van der Waals surface area contributed by atoms with E-state index in [0.29, 0.717) is 17.4 Å². The molecule has 4 nitrogen and oxygen atoms in total. The third-order valence-corrected chi connectivity index (χ3v) is 2.16. The van der Waals surface area contributed by atoms with Crippen molar-refractivity contribution < 1.29 is 4.79 Å². The normalized spacial score (nSPS) is 25.5. The number of allylic oxidation sites excluding steroid dienone is 1. The van der Waals surface area contributed by atoms with Gasteiger partial charge in [0.05, 0.1) is 0 Å². The van der Waals surface area contributed by atoms with Crippen molar-refractivity contribution in [2.75, 3.05) is 0 Å². The lowest BCUT2D eigenvalue weighted by Gasteiger charge is -2.11. The average Bonchev–Trinajstić information content (AvgIpc) is 2.47. The molecule has 13 heavy (non-hydrogen) atoms. The summed E-state index contributed by atoms with van der Waals surface area (Å²) in [4.78, 5) is 22.1. The van der Waals surface area contributed by atoms with Crippen LogP contribution in [0.25, 0.3) is 0 Å². The van der Waals surface area contributed by atoms with E-state index in [1.807, 2.05) is 0 Å². The summed E-state index contributed by atoms with van der Waals surface area (Å²) in [5, 5.41) is 0.243. The van der Waals surface area contributed by atoms with Gasteiger partial charge in [0.25, 0.3) is 0 Å². The zero-order valence-corrected chi connectivity index (χ0v) is 7.75. The summed E-state index contributed by atoms with van der Waals surface area (Å²) >= 11 is 11.3. The van der Waals surface area contributed by atoms with Crippen molar-refractivity contribution in [2.45, 2.75) is 6.17 Å². The van der Waals surface area contributed by atoms with Gasteiger partial charge in [-0.3, -0.25) is 9.79 Å². The van der Waals surface area contributed by atoms with Crippen LogP contribution in [0.5, 0.6) is 0 Å². The quantitative estimate of drug-likeness (QED) is 0.478. The number of carbonyl (C=O) groups excluding carboxylic acids is 1. The van der Waals surface area contributed by atoms with E-state index >= 15 is 0 Å². The first-order valence-electron chi connectivity index (χ1n) is 3.43. The van der Waals surface area contributed by atoms with E-state index in [9.17, 15) is 4.79 Å². The minimum atomic E-state index is -0.488. The highest BCUT2D eigenvalue weighted by molar-refractivity contribution is 6.75. The molecule has 0 N–H and O–H groups in total. The van der Waals surface area contributed by atoms with Crippen LogP contribution >= 0.6 is 23.2 Å². The van der Waals surface area contributed by atoms with Gasteiger partial charge in [-0.25, -0.2) is 9.98 Å². The molecule has 0 fully saturated rings. The maximum absolute atomic E-state index is 10.5. The summed E-state index contributed by atoms with van der Waals surface area (Å²) in [5.41, 5.74) is 0.938. The summed E-state index contributed by atoms with van der Waals surface area (Å²) in [6.45, 7) is 0. The molecule has 2 heterocycles. The Morgan fingerprint density at radius 3 is 2.92 bits per heavy atom. The van der Waals surface area contributed by atoms with Gasteiger partial charge < -0.3 is 0 Å². The number of hydrogen-bond donors (Lipinski definition) is 0. The number of aliphatic imine (C=N–C) groups is 3. The Hall–Kier alpha value is -1.00. The zero-order valence-electron chi connectivity index (χ0n) is 6.24. The number of nitrogens with zero attached hydrogens (tertiary/aromatic N) is 3. The lowest BCUT2D eigenvalue weighted by molar-refractivity contribution is -0.104. The third-order valence-electron chi connectivity index (χ3n) is 1.69. The van der Waals surface area contributed by atoms with Crippen molar-refractivity contribution in [2.24, 2.45) is 15.0 Å². The van der Waals surface area contributed by atoms with E-state index in [1.54, 1.807) is 0 Å². The van der Waals surface area contributed by atoms with E-state index < -0.39 is 6.17 Å². The molecule has 0 aromatic heterocycles. The summed E-state index contributed by atoms with van der Waals surface area (Å²) in [5.74, 6) is 0. The van der Waals surface area contributed by atoms with E-state index in [2.05, 4.69) is 15.0 Å². The van der Waals surface area contributed by atoms with Crippen molar-refractivity contribution in [3.63, 3.8) is 0 Å². The maximum Gasteiger partial charge on any atom is 0.221 e. The van der Waals surface area contributed by atoms with Crippen LogP contribution in [0.4, 0.5) is 0 Å². The van der Waals surface area contributed by atoms with Gasteiger partial charge >= 0.3 is 0 Å². The topological polar surface area (TPSA) is 54.1 Å². The van der Waals surface area contributed by atoms with Crippen LogP contribution in [0.1, 0.15) is 0 Å². The largest absolute Gasteiger partial charge is 0.298 e. The van der Waals surface area contributed by atoms with E-state index in [4.69, 9.17) is 23.2 Å². The average molecular weight is 216 g/mol. The molecule has 0 spiro atoms. The lowest BCUT2D eigenvalue weighted by Crippen LogP contribution is -2.16. The smallest absolute Gasteiger partial charge is 0.221 e. The number of rotatable bonds is 1. The molecule has 0 radical (unpaired) electrons. The van der Waals surface area contributed by atoms with Crippen LogP contribution in [0.3, 0.4) is 0 Å². The van der Waals surface area contributed by atoms with Crippen LogP contribution in [-0.4, -0.2) is 29.1 Å². The Morgan fingerprint density at radius 2 is 2.23 bits per heavy atom. The highest BCUT2D eigenvalue weighted by atomic mass is 35.5. The molecule has 0 saturated carbocycles. The van der Waals surface area contributed by atoms with Gasteiger partial charge in [-0.2, -0.15) is 0 Å². The van der Waals surface area contributed by atoms with Crippen molar-refractivity contribution in [1.82, 2.24) is 0 Å². The first kappa shape index (κ1) is 8.59. The van der Waals surface area contributed by atoms with Gasteiger partial charge in [0.2, 0.25) is 5.29 Å². The molecule has 0 saturated heterocycles. The Kier molecular flexibility index (Phi) is 2.01. The molecular formula is C7H3Cl2N3O.